The van der Waals surface area contributed by atoms with Crippen LogP contribution in [0, 0.1) is 0 Å². The third-order valence-corrected chi connectivity index (χ3v) is 0.831. The summed E-state index contributed by atoms with van der Waals surface area (Å²) < 4.78 is 0. The molecule has 0 saturated carbocycles. The van der Waals surface area contributed by atoms with Gasteiger partial charge in [0.2, 0.25) is 0 Å². The fourth-order valence-electron chi connectivity index (χ4n) is 0.316. The van der Waals surface area contributed by atoms with Gasteiger partial charge in [-0.25, -0.2) is 4.79 Å². The number of aliphatic carboxylic acids is 1. The smallest absolute Gasteiger partial charge is 0.329 e. The molecule has 0 aliphatic carbocycles. The molecule has 0 aliphatic heterocycles. The van der Waals surface area contributed by atoms with Crippen LogP contribution in [0.2, 0.25) is 0 Å². The fraction of sp³-hybridized carbons (Fsp3) is 0.333. The van der Waals surface area contributed by atoms with Crippen molar-refractivity contribution >= 4 is 11.9 Å². The summed E-state index contributed by atoms with van der Waals surface area (Å²) in [5.41, 5.74) is 0. The van der Waals surface area contributed by atoms with Gasteiger partial charge in [0.1, 0.15) is 6.10 Å². The van der Waals surface area contributed by atoms with Crippen molar-refractivity contribution < 1.29 is 19.8 Å². The lowest BCUT2D eigenvalue weighted by atomic mass is 10.4. The molecule has 0 bridgehead atoms. The summed E-state index contributed by atoms with van der Waals surface area (Å²) in [5.74, 6) is -1.79. The highest BCUT2D eigenvalue weighted by Crippen LogP contribution is 1.78. The van der Waals surface area contributed by atoms with E-state index in [1.54, 1.807) is 0 Å². The maximum absolute atomic E-state index is 10.5. The summed E-state index contributed by atoms with van der Waals surface area (Å²) in [6, 6.07) is 0. The molecule has 0 aromatic rings. The van der Waals surface area contributed by atoms with Crippen LogP contribution >= 0.6 is 0 Å². The molecular weight excluding hydrogens is 150 g/mol. The summed E-state index contributed by atoms with van der Waals surface area (Å²) in [6.07, 6.45) is 0.589. The Labute approximate surface area is 63.3 Å². The van der Waals surface area contributed by atoms with E-state index in [4.69, 9.17) is 10.2 Å². The molecule has 0 aliphatic rings. The Hall–Kier alpha value is -1.36. The molecule has 62 valence electrons. The SMILES string of the molecule is CC(O)C(=O)NC=CC(=O)O. The molecule has 0 spiro atoms. The molecule has 0 rings (SSSR count). The third-order valence-electron chi connectivity index (χ3n) is 0.831. The minimum Gasteiger partial charge on any atom is -0.478 e. The van der Waals surface area contributed by atoms with Crippen LogP contribution in [0.5, 0.6) is 0 Å². The van der Waals surface area contributed by atoms with Crippen LogP contribution in [0.15, 0.2) is 12.3 Å². The topological polar surface area (TPSA) is 86.6 Å². The molecule has 3 N–H and O–H groups in total. The zero-order chi connectivity index (χ0) is 8.85. The van der Waals surface area contributed by atoms with Crippen LogP contribution in [-0.4, -0.2) is 28.2 Å². The summed E-state index contributed by atoms with van der Waals surface area (Å²) in [5, 5.41) is 18.7. The molecular formula is C6H9NO4. The Morgan fingerprint density at radius 3 is 2.45 bits per heavy atom. The summed E-state index contributed by atoms with van der Waals surface area (Å²) in [4.78, 5) is 20.4. The van der Waals surface area contributed by atoms with Gasteiger partial charge in [0.15, 0.2) is 0 Å². The Kier molecular flexibility index (Phi) is 3.90. The number of carbonyl (C=O) groups is 2. The number of aliphatic hydroxyl groups is 1. The first kappa shape index (κ1) is 9.64. The van der Waals surface area contributed by atoms with Crippen LogP contribution in [0.4, 0.5) is 0 Å². The first-order valence-electron chi connectivity index (χ1n) is 2.92. The molecule has 11 heavy (non-hydrogen) atoms. The number of carboxylic acid groups (broad SMARTS) is 1. The monoisotopic (exact) mass is 159 g/mol. The number of rotatable bonds is 3. The molecule has 0 heterocycles. The van der Waals surface area contributed by atoms with Crippen molar-refractivity contribution in [3.05, 3.63) is 12.3 Å². The number of carboxylic acids is 1. The molecule has 1 unspecified atom stereocenters. The maximum atomic E-state index is 10.5. The molecule has 5 nitrogen and oxygen atoms in total. The molecule has 5 heteroatoms. The van der Waals surface area contributed by atoms with Gasteiger partial charge in [0.05, 0.1) is 0 Å². The van der Waals surface area contributed by atoms with Gasteiger partial charge >= 0.3 is 5.97 Å². The molecule has 0 aromatic carbocycles. The lowest BCUT2D eigenvalue weighted by molar-refractivity contribution is -0.131. The van der Waals surface area contributed by atoms with E-state index < -0.39 is 18.0 Å². The molecule has 0 fully saturated rings. The van der Waals surface area contributed by atoms with Crippen molar-refractivity contribution in [3.63, 3.8) is 0 Å². The quantitative estimate of drug-likeness (QED) is 0.465. The maximum Gasteiger partial charge on any atom is 0.329 e. The minimum atomic E-state index is -1.16. The van der Waals surface area contributed by atoms with E-state index in [1.165, 1.54) is 6.92 Å². The molecule has 0 saturated heterocycles. The van der Waals surface area contributed by atoms with Gasteiger partial charge in [0, 0.05) is 12.3 Å². The van der Waals surface area contributed by atoms with Gasteiger partial charge in [-0.2, -0.15) is 0 Å². The van der Waals surface area contributed by atoms with E-state index in [1.807, 2.05) is 0 Å². The van der Waals surface area contributed by atoms with E-state index in [0.29, 0.717) is 0 Å². The summed E-state index contributed by atoms with van der Waals surface area (Å²) in [6.45, 7) is 1.28. The first-order valence-corrected chi connectivity index (χ1v) is 2.92. The van der Waals surface area contributed by atoms with Crippen molar-refractivity contribution in [1.82, 2.24) is 5.32 Å². The van der Waals surface area contributed by atoms with Crippen molar-refractivity contribution in [2.45, 2.75) is 13.0 Å². The standard InChI is InChI=1S/C6H9NO4/c1-4(8)6(11)7-3-2-5(9)10/h2-4,8H,1H3,(H,7,11)(H,9,10). The van der Waals surface area contributed by atoms with Gasteiger partial charge in [-0.15, -0.1) is 0 Å². The molecule has 1 amide bonds. The second kappa shape index (κ2) is 4.45. The highest BCUT2D eigenvalue weighted by Gasteiger charge is 2.04. The third kappa shape index (κ3) is 5.10. The highest BCUT2D eigenvalue weighted by atomic mass is 16.4. The second-order valence-corrected chi connectivity index (χ2v) is 1.86. The Morgan fingerprint density at radius 2 is 2.09 bits per heavy atom. The number of nitrogens with one attached hydrogen (secondary N) is 1. The average Bonchev–Trinajstić information content (AvgIpc) is 1.86. The van der Waals surface area contributed by atoms with Gasteiger partial charge in [0.25, 0.3) is 5.91 Å². The van der Waals surface area contributed by atoms with E-state index in [0.717, 1.165) is 12.3 Å². The normalized spacial score (nSPS) is 12.9. The second-order valence-electron chi connectivity index (χ2n) is 1.86. The van der Waals surface area contributed by atoms with E-state index >= 15 is 0 Å². The van der Waals surface area contributed by atoms with Gasteiger partial charge < -0.3 is 15.5 Å². The average molecular weight is 159 g/mol. The van der Waals surface area contributed by atoms with Crippen LogP contribution in [-0.2, 0) is 9.59 Å². The minimum absolute atomic E-state index is 0.637. The van der Waals surface area contributed by atoms with Crippen molar-refractivity contribution in [2.75, 3.05) is 0 Å². The number of carbonyl (C=O) groups excluding carboxylic acids is 1. The highest BCUT2D eigenvalue weighted by molar-refractivity contribution is 5.83. The Morgan fingerprint density at radius 1 is 1.55 bits per heavy atom. The van der Waals surface area contributed by atoms with E-state index in [-0.39, 0.29) is 0 Å². The zero-order valence-electron chi connectivity index (χ0n) is 5.94. The van der Waals surface area contributed by atoms with Crippen LogP contribution in [0.1, 0.15) is 6.92 Å². The number of hydrogen-bond acceptors (Lipinski definition) is 3. The number of hydrogen-bond donors (Lipinski definition) is 3. The Bertz CT molecular complexity index is 185. The predicted molar refractivity (Wildman–Crippen MR) is 36.6 cm³/mol. The van der Waals surface area contributed by atoms with Crippen LogP contribution < -0.4 is 5.32 Å². The first-order chi connectivity index (χ1) is 5.04. The lowest BCUT2D eigenvalue weighted by Crippen LogP contribution is -2.28. The Balaban J connectivity index is 3.71. The van der Waals surface area contributed by atoms with Gasteiger partial charge in [-0.1, -0.05) is 0 Å². The van der Waals surface area contributed by atoms with Crippen LogP contribution in [0.25, 0.3) is 0 Å². The van der Waals surface area contributed by atoms with E-state index in [2.05, 4.69) is 5.32 Å². The lowest BCUT2D eigenvalue weighted by Gasteiger charge is -1.99. The van der Waals surface area contributed by atoms with Crippen molar-refractivity contribution in [3.8, 4) is 0 Å². The van der Waals surface area contributed by atoms with Crippen molar-refractivity contribution in [2.24, 2.45) is 0 Å². The summed E-state index contributed by atoms with van der Waals surface area (Å²) >= 11 is 0. The summed E-state index contributed by atoms with van der Waals surface area (Å²) in [7, 11) is 0. The predicted octanol–water partition coefficient (Wildman–Crippen LogP) is -0.918. The van der Waals surface area contributed by atoms with E-state index in [9.17, 15) is 9.59 Å². The largest absolute Gasteiger partial charge is 0.478 e. The molecule has 1 atom stereocenters. The zero-order valence-corrected chi connectivity index (χ0v) is 5.94. The number of aliphatic hydroxyl groups excluding tert-OH is 1. The van der Waals surface area contributed by atoms with Crippen LogP contribution in [0.3, 0.4) is 0 Å². The van der Waals surface area contributed by atoms with Gasteiger partial charge in [-0.3, -0.25) is 4.79 Å². The number of amides is 1. The van der Waals surface area contributed by atoms with Gasteiger partial charge in [-0.05, 0) is 6.92 Å². The molecule has 0 aromatic heterocycles. The molecule has 0 radical (unpaired) electrons. The van der Waals surface area contributed by atoms with Crippen molar-refractivity contribution in [1.29, 1.82) is 0 Å². The fourth-order valence-corrected chi connectivity index (χ4v) is 0.316.